The number of rotatable bonds is 2. The Hall–Kier alpha value is -1.23. The standard InChI is InChI=1S/C13H18F3NO/c1-12(2,3)11(17)9-6-5-8(18-4)7-10(9)13(14,15)16/h5-7,11H,17H2,1-4H3/t11-/m1/s1. The van der Waals surface area contributed by atoms with E-state index in [2.05, 4.69) is 0 Å². The molecule has 0 aliphatic rings. The minimum Gasteiger partial charge on any atom is -0.497 e. The Balaban J connectivity index is 3.36. The van der Waals surface area contributed by atoms with Gasteiger partial charge < -0.3 is 10.5 Å². The van der Waals surface area contributed by atoms with Crippen LogP contribution in [0.5, 0.6) is 5.75 Å². The van der Waals surface area contributed by atoms with Crippen molar-refractivity contribution in [2.24, 2.45) is 11.1 Å². The molecule has 0 saturated heterocycles. The molecule has 1 atom stereocenters. The number of hydrogen-bond donors (Lipinski definition) is 1. The number of ether oxygens (including phenoxy) is 1. The van der Waals surface area contributed by atoms with E-state index >= 15 is 0 Å². The summed E-state index contributed by atoms with van der Waals surface area (Å²) in [7, 11) is 1.33. The van der Waals surface area contributed by atoms with Gasteiger partial charge in [-0.2, -0.15) is 13.2 Å². The fraction of sp³-hybridized carbons (Fsp3) is 0.538. The molecule has 0 spiro atoms. The summed E-state index contributed by atoms with van der Waals surface area (Å²) in [6.07, 6.45) is -4.44. The van der Waals surface area contributed by atoms with Crippen LogP contribution in [-0.2, 0) is 6.18 Å². The SMILES string of the molecule is COc1ccc([C@@H](N)C(C)(C)C)c(C(F)(F)F)c1. The lowest BCUT2D eigenvalue weighted by atomic mass is 9.81. The topological polar surface area (TPSA) is 35.2 Å². The van der Waals surface area contributed by atoms with Crippen LogP contribution >= 0.6 is 0 Å². The molecule has 0 radical (unpaired) electrons. The van der Waals surface area contributed by atoms with Gasteiger partial charge in [0.2, 0.25) is 0 Å². The summed E-state index contributed by atoms with van der Waals surface area (Å²) >= 11 is 0. The Kier molecular flexibility index (Phi) is 3.96. The maximum atomic E-state index is 13.0. The van der Waals surface area contributed by atoms with Crippen molar-refractivity contribution < 1.29 is 17.9 Å². The highest BCUT2D eigenvalue weighted by molar-refractivity contribution is 5.39. The molecule has 1 rings (SSSR count). The first kappa shape index (κ1) is 14.8. The van der Waals surface area contributed by atoms with Crippen molar-refractivity contribution in [2.45, 2.75) is 33.0 Å². The molecule has 1 aromatic rings. The van der Waals surface area contributed by atoms with E-state index in [0.717, 1.165) is 6.07 Å². The van der Waals surface area contributed by atoms with E-state index in [1.807, 2.05) is 20.8 Å². The van der Waals surface area contributed by atoms with E-state index in [4.69, 9.17) is 10.5 Å². The highest BCUT2D eigenvalue weighted by Crippen LogP contribution is 2.40. The van der Waals surface area contributed by atoms with E-state index in [0.29, 0.717) is 0 Å². The van der Waals surface area contributed by atoms with Crippen LogP contribution in [0.3, 0.4) is 0 Å². The van der Waals surface area contributed by atoms with Gasteiger partial charge in [-0.3, -0.25) is 0 Å². The monoisotopic (exact) mass is 261 g/mol. The average molecular weight is 261 g/mol. The molecule has 0 amide bonds. The highest BCUT2D eigenvalue weighted by Gasteiger charge is 2.37. The van der Waals surface area contributed by atoms with Gasteiger partial charge in [-0.05, 0) is 23.1 Å². The molecule has 0 aliphatic heterocycles. The van der Waals surface area contributed by atoms with Crippen LogP contribution in [0.25, 0.3) is 0 Å². The number of nitrogens with two attached hydrogens (primary N) is 1. The van der Waals surface area contributed by atoms with Crippen LogP contribution in [-0.4, -0.2) is 7.11 Å². The van der Waals surface area contributed by atoms with Gasteiger partial charge in [-0.1, -0.05) is 26.8 Å². The molecule has 1 aromatic carbocycles. The summed E-state index contributed by atoms with van der Waals surface area (Å²) in [5.74, 6) is 0.173. The highest BCUT2D eigenvalue weighted by atomic mass is 19.4. The third-order valence-corrected chi connectivity index (χ3v) is 2.83. The summed E-state index contributed by atoms with van der Waals surface area (Å²) in [5.41, 5.74) is 4.83. The maximum absolute atomic E-state index is 13.0. The number of hydrogen-bond acceptors (Lipinski definition) is 2. The fourth-order valence-electron chi connectivity index (χ4n) is 1.65. The number of benzene rings is 1. The minimum atomic E-state index is -4.44. The Labute approximate surface area is 105 Å². The Bertz CT molecular complexity index is 421. The zero-order chi connectivity index (χ0) is 14.1. The molecule has 2 nitrogen and oxygen atoms in total. The van der Waals surface area contributed by atoms with Crippen molar-refractivity contribution in [2.75, 3.05) is 7.11 Å². The molecule has 5 heteroatoms. The van der Waals surface area contributed by atoms with E-state index in [9.17, 15) is 13.2 Å². The van der Waals surface area contributed by atoms with Crippen molar-refractivity contribution in [3.63, 3.8) is 0 Å². The number of alkyl halides is 3. The van der Waals surface area contributed by atoms with Gasteiger partial charge in [0.05, 0.1) is 12.7 Å². The average Bonchev–Trinajstić information content (AvgIpc) is 2.24. The normalized spacial score (nSPS) is 14.4. The summed E-state index contributed by atoms with van der Waals surface area (Å²) in [5, 5.41) is 0. The molecule has 18 heavy (non-hydrogen) atoms. The molecule has 0 heterocycles. The first-order chi connectivity index (χ1) is 8.07. The maximum Gasteiger partial charge on any atom is 0.416 e. The number of methoxy groups -OCH3 is 1. The number of halogens is 3. The van der Waals surface area contributed by atoms with Gasteiger partial charge in [-0.15, -0.1) is 0 Å². The molecule has 102 valence electrons. The molecule has 0 saturated carbocycles. The zero-order valence-electron chi connectivity index (χ0n) is 10.9. The molecular formula is C13H18F3NO. The predicted octanol–water partition coefficient (Wildman–Crippen LogP) is 3.76. The smallest absolute Gasteiger partial charge is 0.416 e. The summed E-state index contributed by atoms with van der Waals surface area (Å²) in [6.45, 7) is 5.42. The van der Waals surface area contributed by atoms with Crippen LogP contribution in [0.15, 0.2) is 18.2 Å². The second-order valence-corrected chi connectivity index (χ2v) is 5.29. The molecule has 0 fully saturated rings. The lowest BCUT2D eigenvalue weighted by molar-refractivity contribution is -0.138. The lowest BCUT2D eigenvalue weighted by Crippen LogP contribution is -2.28. The molecule has 2 N–H and O–H groups in total. The van der Waals surface area contributed by atoms with Crippen molar-refractivity contribution >= 4 is 0 Å². The predicted molar refractivity (Wildman–Crippen MR) is 64.4 cm³/mol. The first-order valence-corrected chi connectivity index (χ1v) is 5.58. The third kappa shape index (κ3) is 3.16. The van der Waals surface area contributed by atoms with Crippen LogP contribution in [0.1, 0.15) is 37.9 Å². The van der Waals surface area contributed by atoms with Gasteiger partial charge in [0.25, 0.3) is 0 Å². The van der Waals surface area contributed by atoms with Gasteiger partial charge in [0, 0.05) is 6.04 Å². The second kappa shape index (κ2) is 4.80. The van der Waals surface area contributed by atoms with Gasteiger partial charge >= 0.3 is 6.18 Å². The van der Waals surface area contributed by atoms with Crippen LogP contribution in [0.4, 0.5) is 13.2 Å². The van der Waals surface area contributed by atoms with Crippen molar-refractivity contribution in [1.29, 1.82) is 0 Å². The summed E-state index contributed by atoms with van der Waals surface area (Å²) in [4.78, 5) is 0. The quantitative estimate of drug-likeness (QED) is 0.879. The molecule has 0 bridgehead atoms. The third-order valence-electron chi connectivity index (χ3n) is 2.83. The molecule has 0 unspecified atom stereocenters. The van der Waals surface area contributed by atoms with Gasteiger partial charge in [0.15, 0.2) is 0 Å². The van der Waals surface area contributed by atoms with Crippen molar-refractivity contribution in [3.05, 3.63) is 29.3 Å². The molecule has 0 aliphatic carbocycles. The largest absolute Gasteiger partial charge is 0.497 e. The Morgan fingerprint density at radius 1 is 1.17 bits per heavy atom. The van der Waals surface area contributed by atoms with Crippen molar-refractivity contribution in [3.8, 4) is 5.75 Å². The van der Waals surface area contributed by atoms with E-state index in [1.54, 1.807) is 0 Å². The molecule has 0 aromatic heterocycles. The second-order valence-electron chi connectivity index (χ2n) is 5.29. The van der Waals surface area contributed by atoms with Crippen molar-refractivity contribution in [1.82, 2.24) is 0 Å². The van der Waals surface area contributed by atoms with Crippen LogP contribution in [0, 0.1) is 5.41 Å². The lowest BCUT2D eigenvalue weighted by Gasteiger charge is -2.29. The van der Waals surface area contributed by atoms with Crippen LogP contribution < -0.4 is 10.5 Å². The van der Waals surface area contributed by atoms with Gasteiger partial charge in [-0.25, -0.2) is 0 Å². The van der Waals surface area contributed by atoms with E-state index in [-0.39, 0.29) is 11.3 Å². The fourth-order valence-corrected chi connectivity index (χ4v) is 1.65. The van der Waals surface area contributed by atoms with E-state index < -0.39 is 23.2 Å². The first-order valence-electron chi connectivity index (χ1n) is 5.58. The minimum absolute atomic E-state index is 0.0933. The zero-order valence-corrected chi connectivity index (χ0v) is 10.9. The summed E-state index contributed by atoms with van der Waals surface area (Å²) in [6, 6.07) is 3.18. The Morgan fingerprint density at radius 3 is 2.11 bits per heavy atom. The van der Waals surface area contributed by atoms with Crippen LogP contribution in [0.2, 0.25) is 0 Å². The Morgan fingerprint density at radius 2 is 1.72 bits per heavy atom. The van der Waals surface area contributed by atoms with Gasteiger partial charge in [0.1, 0.15) is 5.75 Å². The van der Waals surface area contributed by atoms with E-state index in [1.165, 1.54) is 19.2 Å². The summed E-state index contributed by atoms with van der Waals surface area (Å²) < 4.78 is 43.8. The molecular weight excluding hydrogens is 243 g/mol.